The van der Waals surface area contributed by atoms with Gasteiger partial charge in [-0.2, -0.15) is 0 Å². The lowest BCUT2D eigenvalue weighted by atomic mass is 9.87. The summed E-state index contributed by atoms with van der Waals surface area (Å²) in [5.74, 6) is 0. The Hall–Kier alpha value is -1.02. The lowest BCUT2D eigenvalue weighted by Gasteiger charge is -2.33. The summed E-state index contributed by atoms with van der Waals surface area (Å²) in [7, 11) is 2.13. The van der Waals surface area contributed by atoms with Gasteiger partial charge in [-0.05, 0) is 37.4 Å². The summed E-state index contributed by atoms with van der Waals surface area (Å²) in [6.07, 6.45) is 1.11. The number of nitrogens with two attached hydrogens (primary N) is 1. The van der Waals surface area contributed by atoms with Crippen LogP contribution in [0, 0.1) is 12.3 Å². The van der Waals surface area contributed by atoms with Gasteiger partial charge in [0.05, 0.1) is 0 Å². The molecule has 0 amide bonds. The highest BCUT2D eigenvalue weighted by Gasteiger charge is 2.22. The Balaban J connectivity index is 2.71. The van der Waals surface area contributed by atoms with E-state index in [4.69, 9.17) is 5.73 Å². The smallest absolute Gasteiger partial charge is 0.0363 e. The Morgan fingerprint density at radius 2 is 1.81 bits per heavy atom. The third kappa shape index (κ3) is 3.24. The van der Waals surface area contributed by atoms with Crippen LogP contribution in [0.1, 0.15) is 25.8 Å². The van der Waals surface area contributed by atoms with Gasteiger partial charge in [-0.3, -0.25) is 0 Å². The molecule has 1 atom stereocenters. The summed E-state index contributed by atoms with van der Waals surface area (Å²) < 4.78 is 0. The fourth-order valence-electron chi connectivity index (χ4n) is 1.78. The summed E-state index contributed by atoms with van der Waals surface area (Å²) in [6, 6.07) is 8.64. The van der Waals surface area contributed by atoms with Crippen molar-refractivity contribution in [1.29, 1.82) is 0 Å². The molecule has 0 spiro atoms. The third-order valence-corrected chi connectivity index (χ3v) is 3.44. The van der Waals surface area contributed by atoms with Gasteiger partial charge in [0.1, 0.15) is 0 Å². The van der Waals surface area contributed by atoms with Crippen LogP contribution in [0.3, 0.4) is 0 Å². The molecule has 0 fully saturated rings. The van der Waals surface area contributed by atoms with E-state index in [0.29, 0.717) is 0 Å². The van der Waals surface area contributed by atoms with Gasteiger partial charge in [-0.1, -0.05) is 31.5 Å². The van der Waals surface area contributed by atoms with Crippen LogP contribution >= 0.6 is 0 Å². The average Bonchev–Trinajstić information content (AvgIpc) is 2.29. The van der Waals surface area contributed by atoms with Crippen molar-refractivity contribution in [2.45, 2.75) is 27.2 Å². The molecular formula is C14H24N2. The van der Waals surface area contributed by atoms with Crippen LogP contribution in [0.15, 0.2) is 24.3 Å². The lowest BCUT2D eigenvalue weighted by Crippen LogP contribution is -2.38. The summed E-state index contributed by atoms with van der Waals surface area (Å²) >= 11 is 0. The van der Waals surface area contributed by atoms with E-state index in [1.807, 2.05) is 0 Å². The molecule has 0 aromatic heterocycles. The van der Waals surface area contributed by atoms with Crippen LogP contribution in [0.25, 0.3) is 0 Å². The second-order valence-electron chi connectivity index (χ2n) is 5.06. The molecule has 1 unspecified atom stereocenters. The number of hydrogen-bond donors (Lipinski definition) is 1. The number of nitrogens with zero attached hydrogens (tertiary/aromatic N) is 1. The molecule has 2 heteroatoms. The molecule has 0 saturated heterocycles. The van der Waals surface area contributed by atoms with Gasteiger partial charge in [-0.25, -0.2) is 0 Å². The molecule has 0 aliphatic heterocycles. The molecule has 1 aromatic carbocycles. The minimum Gasteiger partial charge on any atom is -0.374 e. The van der Waals surface area contributed by atoms with Gasteiger partial charge in [0.15, 0.2) is 0 Å². The van der Waals surface area contributed by atoms with Crippen LogP contribution in [0.4, 0.5) is 5.69 Å². The SMILES string of the molecule is CCC(C)(CN)CN(C)c1ccc(C)cc1. The molecule has 2 nitrogen and oxygen atoms in total. The first-order valence-electron chi connectivity index (χ1n) is 5.98. The van der Waals surface area contributed by atoms with E-state index in [1.165, 1.54) is 11.3 Å². The molecule has 0 aliphatic rings. The monoisotopic (exact) mass is 220 g/mol. The zero-order valence-corrected chi connectivity index (χ0v) is 11.0. The van der Waals surface area contributed by atoms with Crippen molar-refractivity contribution in [3.05, 3.63) is 29.8 Å². The van der Waals surface area contributed by atoms with Gasteiger partial charge < -0.3 is 10.6 Å². The first-order chi connectivity index (χ1) is 7.50. The van der Waals surface area contributed by atoms with E-state index in [-0.39, 0.29) is 5.41 Å². The largest absolute Gasteiger partial charge is 0.374 e. The van der Waals surface area contributed by atoms with E-state index in [2.05, 4.69) is 57.0 Å². The molecule has 0 heterocycles. The highest BCUT2D eigenvalue weighted by atomic mass is 15.1. The molecule has 0 saturated carbocycles. The Kier molecular flexibility index (Phi) is 4.36. The summed E-state index contributed by atoms with van der Waals surface area (Å²) in [6.45, 7) is 8.30. The summed E-state index contributed by atoms with van der Waals surface area (Å²) in [5.41, 5.74) is 8.61. The van der Waals surface area contributed by atoms with Crippen LogP contribution in [0.5, 0.6) is 0 Å². The lowest BCUT2D eigenvalue weighted by molar-refractivity contribution is 0.330. The molecule has 1 aromatic rings. The van der Waals surface area contributed by atoms with Crippen LogP contribution in [-0.2, 0) is 0 Å². The maximum atomic E-state index is 5.84. The van der Waals surface area contributed by atoms with Gasteiger partial charge in [0, 0.05) is 19.3 Å². The van der Waals surface area contributed by atoms with Crippen molar-refractivity contribution in [2.24, 2.45) is 11.1 Å². The van der Waals surface area contributed by atoms with Crippen molar-refractivity contribution < 1.29 is 0 Å². The maximum absolute atomic E-state index is 5.84. The predicted octanol–water partition coefficient (Wildman–Crippen LogP) is 2.81. The van der Waals surface area contributed by atoms with E-state index in [0.717, 1.165) is 19.5 Å². The Bertz CT molecular complexity index is 312. The summed E-state index contributed by atoms with van der Waals surface area (Å²) in [5, 5.41) is 0. The van der Waals surface area contributed by atoms with Gasteiger partial charge in [-0.15, -0.1) is 0 Å². The highest BCUT2D eigenvalue weighted by molar-refractivity contribution is 5.46. The van der Waals surface area contributed by atoms with E-state index < -0.39 is 0 Å². The van der Waals surface area contributed by atoms with Gasteiger partial charge in [0.2, 0.25) is 0 Å². The Morgan fingerprint density at radius 1 is 1.25 bits per heavy atom. The third-order valence-electron chi connectivity index (χ3n) is 3.44. The topological polar surface area (TPSA) is 29.3 Å². The van der Waals surface area contributed by atoms with Crippen molar-refractivity contribution in [1.82, 2.24) is 0 Å². The minimum absolute atomic E-state index is 0.208. The van der Waals surface area contributed by atoms with Gasteiger partial charge in [0.25, 0.3) is 0 Å². The van der Waals surface area contributed by atoms with E-state index in [9.17, 15) is 0 Å². The van der Waals surface area contributed by atoms with Crippen LogP contribution in [-0.4, -0.2) is 20.1 Å². The Morgan fingerprint density at radius 3 is 2.25 bits per heavy atom. The molecule has 0 bridgehead atoms. The number of hydrogen-bond acceptors (Lipinski definition) is 2. The molecule has 1 rings (SSSR count). The number of aryl methyl sites for hydroxylation is 1. The van der Waals surface area contributed by atoms with E-state index >= 15 is 0 Å². The molecule has 2 N–H and O–H groups in total. The van der Waals surface area contributed by atoms with E-state index in [1.54, 1.807) is 0 Å². The summed E-state index contributed by atoms with van der Waals surface area (Å²) in [4.78, 5) is 2.29. The quantitative estimate of drug-likeness (QED) is 0.826. The average molecular weight is 220 g/mol. The second-order valence-corrected chi connectivity index (χ2v) is 5.06. The zero-order chi connectivity index (χ0) is 12.2. The van der Waals surface area contributed by atoms with Gasteiger partial charge >= 0.3 is 0 Å². The number of anilines is 1. The standard InChI is InChI=1S/C14H24N2/c1-5-14(3,10-15)11-16(4)13-8-6-12(2)7-9-13/h6-9H,5,10-11,15H2,1-4H3. The van der Waals surface area contributed by atoms with Crippen LogP contribution < -0.4 is 10.6 Å². The fourth-order valence-corrected chi connectivity index (χ4v) is 1.78. The van der Waals surface area contributed by atoms with Crippen molar-refractivity contribution in [3.63, 3.8) is 0 Å². The highest BCUT2D eigenvalue weighted by Crippen LogP contribution is 2.23. The number of benzene rings is 1. The zero-order valence-electron chi connectivity index (χ0n) is 11.0. The normalized spacial score (nSPS) is 14.6. The second kappa shape index (κ2) is 5.35. The van der Waals surface area contributed by atoms with Crippen molar-refractivity contribution in [2.75, 3.05) is 25.0 Å². The molecular weight excluding hydrogens is 196 g/mol. The minimum atomic E-state index is 0.208. The molecule has 0 radical (unpaired) electrons. The molecule has 16 heavy (non-hydrogen) atoms. The first-order valence-corrected chi connectivity index (χ1v) is 5.98. The predicted molar refractivity (Wildman–Crippen MR) is 71.9 cm³/mol. The van der Waals surface area contributed by atoms with Crippen molar-refractivity contribution >= 4 is 5.69 Å². The van der Waals surface area contributed by atoms with Crippen molar-refractivity contribution in [3.8, 4) is 0 Å². The van der Waals surface area contributed by atoms with Crippen LogP contribution in [0.2, 0.25) is 0 Å². The maximum Gasteiger partial charge on any atom is 0.0363 e. The number of rotatable bonds is 5. The molecule has 0 aliphatic carbocycles. The fraction of sp³-hybridized carbons (Fsp3) is 0.571. The first kappa shape index (κ1) is 13.0. The molecule has 90 valence electrons. The Labute approximate surface area is 99.5 Å².